The molecule has 0 saturated carbocycles. The maximum Gasteiger partial charge on any atom is 0.257 e. The van der Waals surface area contributed by atoms with Crippen LogP contribution in [0.15, 0.2) is 12.1 Å². The number of aryl methyl sites for hydroxylation is 3. The highest BCUT2D eigenvalue weighted by atomic mass is 32.1. The number of hydrogen-bond acceptors (Lipinski definition) is 3. The zero-order valence-electron chi connectivity index (χ0n) is 9.42. The molecule has 0 fully saturated rings. The second-order valence-electron chi connectivity index (χ2n) is 3.72. The lowest BCUT2D eigenvalue weighted by molar-refractivity contribution is 0.102. The zero-order valence-corrected chi connectivity index (χ0v) is 10.2. The number of hydrogen-bond donors (Lipinski definition) is 2. The molecule has 0 spiro atoms. The molecule has 0 bridgehead atoms. The highest BCUT2D eigenvalue weighted by Gasteiger charge is 2.12. The van der Waals surface area contributed by atoms with Gasteiger partial charge in [-0.3, -0.25) is 9.89 Å². The molecule has 2 N–H and O–H groups in total. The predicted octanol–water partition coefficient (Wildman–Crippen LogP) is 2.65. The lowest BCUT2D eigenvalue weighted by atomic mass is 10.2. The number of rotatable bonds is 2. The zero-order chi connectivity index (χ0) is 11.7. The van der Waals surface area contributed by atoms with Crippen molar-refractivity contribution >= 4 is 23.1 Å². The van der Waals surface area contributed by atoms with E-state index < -0.39 is 0 Å². The van der Waals surface area contributed by atoms with Crippen LogP contribution in [0.3, 0.4) is 0 Å². The van der Waals surface area contributed by atoms with Crippen LogP contribution in [0.25, 0.3) is 0 Å². The van der Waals surface area contributed by atoms with Gasteiger partial charge in [0.15, 0.2) is 5.82 Å². The SMILES string of the molecule is Cc1cc(NC(=O)c2cc(C)sc2C)n[nH]1. The summed E-state index contributed by atoms with van der Waals surface area (Å²) >= 11 is 1.62. The summed E-state index contributed by atoms with van der Waals surface area (Å²) in [6.45, 7) is 5.83. The van der Waals surface area contributed by atoms with Crippen LogP contribution >= 0.6 is 11.3 Å². The van der Waals surface area contributed by atoms with Gasteiger partial charge < -0.3 is 5.32 Å². The molecule has 5 heteroatoms. The van der Waals surface area contributed by atoms with E-state index >= 15 is 0 Å². The second kappa shape index (κ2) is 4.09. The van der Waals surface area contributed by atoms with Crippen LogP contribution < -0.4 is 5.32 Å². The predicted molar refractivity (Wildman–Crippen MR) is 65.1 cm³/mol. The normalized spacial score (nSPS) is 10.4. The van der Waals surface area contributed by atoms with Gasteiger partial charge in [0.05, 0.1) is 5.56 Å². The Balaban J connectivity index is 2.17. The number of carbonyl (C=O) groups excluding carboxylic acids is 1. The Hall–Kier alpha value is -1.62. The number of anilines is 1. The molecular formula is C11H13N3OS. The first-order valence-electron chi connectivity index (χ1n) is 4.96. The third-order valence-electron chi connectivity index (χ3n) is 2.23. The van der Waals surface area contributed by atoms with E-state index in [1.165, 1.54) is 0 Å². The molecule has 4 nitrogen and oxygen atoms in total. The van der Waals surface area contributed by atoms with Crippen molar-refractivity contribution in [3.63, 3.8) is 0 Å². The van der Waals surface area contributed by atoms with Crippen molar-refractivity contribution in [3.8, 4) is 0 Å². The van der Waals surface area contributed by atoms with Crippen LogP contribution in [-0.2, 0) is 0 Å². The molecule has 2 rings (SSSR count). The van der Waals surface area contributed by atoms with Crippen molar-refractivity contribution in [1.82, 2.24) is 10.2 Å². The minimum Gasteiger partial charge on any atom is -0.305 e. The molecule has 16 heavy (non-hydrogen) atoms. The van der Waals surface area contributed by atoms with E-state index in [0.717, 1.165) is 21.0 Å². The third-order valence-corrected chi connectivity index (χ3v) is 3.20. The van der Waals surface area contributed by atoms with Gasteiger partial charge in [-0.1, -0.05) is 0 Å². The Morgan fingerprint density at radius 1 is 1.38 bits per heavy atom. The molecular weight excluding hydrogens is 222 g/mol. The van der Waals surface area contributed by atoms with Crippen LogP contribution in [0.2, 0.25) is 0 Å². The molecule has 0 aliphatic carbocycles. The van der Waals surface area contributed by atoms with Crippen LogP contribution in [0.5, 0.6) is 0 Å². The van der Waals surface area contributed by atoms with E-state index in [1.807, 2.05) is 26.8 Å². The lowest BCUT2D eigenvalue weighted by Gasteiger charge is -1.99. The van der Waals surface area contributed by atoms with Crippen molar-refractivity contribution in [2.24, 2.45) is 0 Å². The molecule has 0 radical (unpaired) electrons. The summed E-state index contributed by atoms with van der Waals surface area (Å²) in [6, 6.07) is 3.70. The van der Waals surface area contributed by atoms with Gasteiger partial charge in [0.1, 0.15) is 0 Å². The van der Waals surface area contributed by atoms with Gasteiger partial charge in [-0.05, 0) is 26.8 Å². The Morgan fingerprint density at radius 3 is 2.62 bits per heavy atom. The highest BCUT2D eigenvalue weighted by molar-refractivity contribution is 7.12. The first-order valence-corrected chi connectivity index (χ1v) is 5.78. The van der Waals surface area contributed by atoms with E-state index in [-0.39, 0.29) is 5.91 Å². The number of nitrogens with zero attached hydrogens (tertiary/aromatic N) is 1. The Morgan fingerprint density at radius 2 is 2.12 bits per heavy atom. The molecule has 2 heterocycles. The average Bonchev–Trinajstić information content (AvgIpc) is 2.73. The average molecular weight is 235 g/mol. The Bertz CT molecular complexity index is 527. The summed E-state index contributed by atoms with van der Waals surface area (Å²) < 4.78 is 0. The topological polar surface area (TPSA) is 57.8 Å². The largest absolute Gasteiger partial charge is 0.305 e. The quantitative estimate of drug-likeness (QED) is 0.840. The van der Waals surface area contributed by atoms with Crippen LogP contribution in [0.4, 0.5) is 5.82 Å². The molecule has 0 aliphatic heterocycles. The summed E-state index contributed by atoms with van der Waals surface area (Å²) in [5.41, 5.74) is 1.65. The van der Waals surface area contributed by atoms with E-state index in [2.05, 4.69) is 15.5 Å². The van der Waals surface area contributed by atoms with E-state index in [1.54, 1.807) is 17.4 Å². The highest BCUT2D eigenvalue weighted by Crippen LogP contribution is 2.21. The van der Waals surface area contributed by atoms with E-state index in [4.69, 9.17) is 0 Å². The molecule has 0 unspecified atom stereocenters. The standard InChI is InChI=1S/C11H13N3OS/c1-6-4-10(14-13-6)12-11(15)9-5-7(2)16-8(9)3/h4-5H,1-3H3,(H2,12,13,14,15). The van der Waals surface area contributed by atoms with Crippen molar-refractivity contribution in [1.29, 1.82) is 0 Å². The molecule has 2 aromatic heterocycles. The van der Waals surface area contributed by atoms with Gasteiger partial charge in [-0.25, -0.2) is 0 Å². The number of nitrogens with one attached hydrogen (secondary N) is 2. The van der Waals surface area contributed by atoms with E-state index in [9.17, 15) is 4.79 Å². The van der Waals surface area contributed by atoms with Crippen LogP contribution in [0, 0.1) is 20.8 Å². The van der Waals surface area contributed by atoms with Gasteiger partial charge in [0, 0.05) is 21.5 Å². The maximum atomic E-state index is 11.9. The van der Waals surface area contributed by atoms with E-state index in [0.29, 0.717) is 5.82 Å². The van der Waals surface area contributed by atoms with Crippen molar-refractivity contribution in [3.05, 3.63) is 33.1 Å². The fourth-order valence-corrected chi connectivity index (χ4v) is 2.44. The Labute approximate surface area is 97.7 Å². The molecule has 84 valence electrons. The molecule has 0 saturated heterocycles. The van der Waals surface area contributed by atoms with Gasteiger partial charge in [0.2, 0.25) is 0 Å². The number of thiophene rings is 1. The van der Waals surface area contributed by atoms with Crippen molar-refractivity contribution < 1.29 is 4.79 Å². The summed E-state index contributed by atoms with van der Waals surface area (Å²) in [7, 11) is 0. The summed E-state index contributed by atoms with van der Waals surface area (Å²) in [5.74, 6) is 0.458. The fourth-order valence-electron chi connectivity index (χ4n) is 1.52. The summed E-state index contributed by atoms with van der Waals surface area (Å²) in [4.78, 5) is 14.1. The molecule has 2 aromatic rings. The molecule has 0 aliphatic rings. The van der Waals surface area contributed by atoms with Crippen LogP contribution in [0.1, 0.15) is 25.8 Å². The molecule has 0 aromatic carbocycles. The Kier molecular flexibility index (Phi) is 2.78. The fraction of sp³-hybridized carbons (Fsp3) is 0.273. The summed E-state index contributed by atoms with van der Waals surface area (Å²) in [6.07, 6.45) is 0. The van der Waals surface area contributed by atoms with Gasteiger partial charge in [-0.15, -0.1) is 11.3 Å². The van der Waals surface area contributed by atoms with Gasteiger partial charge in [-0.2, -0.15) is 5.10 Å². The van der Waals surface area contributed by atoms with Crippen molar-refractivity contribution in [2.45, 2.75) is 20.8 Å². The molecule has 1 amide bonds. The molecule has 0 atom stereocenters. The number of aromatic amines is 1. The minimum absolute atomic E-state index is 0.103. The third kappa shape index (κ3) is 2.14. The first-order chi connectivity index (χ1) is 7.56. The maximum absolute atomic E-state index is 11.9. The van der Waals surface area contributed by atoms with Gasteiger partial charge >= 0.3 is 0 Å². The monoisotopic (exact) mass is 235 g/mol. The smallest absolute Gasteiger partial charge is 0.257 e. The first kappa shape index (κ1) is 10.9. The second-order valence-corrected chi connectivity index (χ2v) is 5.18. The number of aromatic nitrogens is 2. The lowest BCUT2D eigenvalue weighted by Crippen LogP contribution is -2.12. The van der Waals surface area contributed by atoms with Crippen LogP contribution in [-0.4, -0.2) is 16.1 Å². The number of amides is 1. The van der Waals surface area contributed by atoms with Crippen molar-refractivity contribution in [2.75, 3.05) is 5.32 Å². The summed E-state index contributed by atoms with van der Waals surface area (Å²) in [5, 5.41) is 9.51. The number of carbonyl (C=O) groups is 1. The number of H-pyrrole nitrogens is 1. The van der Waals surface area contributed by atoms with Gasteiger partial charge in [0.25, 0.3) is 5.91 Å². The minimum atomic E-state index is -0.103.